The van der Waals surface area contributed by atoms with Crippen LogP contribution in [0.25, 0.3) is 27.5 Å². The molecule has 0 aliphatic carbocycles. The van der Waals surface area contributed by atoms with Crippen LogP contribution in [-0.4, -0.2) is 17.8 Å². The first-order valence-electron chi connectivity index (χ1n) is 15.7. The molecule has 1 aliphatic heterocycles. The van der Waals surface area contributed by atoms with E-state index < -0.39 is 20.4 Å². The molecule has 0 fully saturated rings. The SMILES string of the molecule is O=P1(c2ccccc2)c2cccc[c]2[Ge]([c]2ccccc2)([c]2ccccc2)[c]2cc(-n3c4ccccc4c4ccccc43)ccc21. The third-order valence-corrected chi connectivity index (χ3v) is 24.0. The van der Waals surface area contributed by atoms with Crippen molar-refractivity contribution in [3.05, 3.63) is 182 Å². The van der Waals surface area contributed by atoms with Crippen LogP contribution < -0.4 is 33.5 Å². The van der Waals surface area contributed by atoms with Crippen LogP contribution in [0.3, 0.4) is 0 Å². The van der Waals surface area contributed by atoms with Gasteiger partial charge in [0.05, 0.1) is 0 Å². The molecule has 0 radical (unpaired) electrons. The minimum absolute atomic E-state index is 0.880. The average molecular weight is 668 g/mol. The molecule has 1 unspecified atom stereocenters. The van der Waals surface area contributed by atoms with E-state index in [1.165, 1.54) is 39.4 Å². The molecule has 0 N–H and O–H groups in total. The number of hydrogen-bond donors (Lipinski definition) is 0. The van der Waals surface area contributed by atoms with Crippen molar-refractivity contribution >= 4 is 75.7 Å². The first kappa shape index (κ1) is 27.4. The third kappa shape index (κ3) is 3.75. The van der Waals surface area contributed by atoms with Crippen molar-refractivity contribution in [2.75, 3.05) is 0 Å². The third-order valence-electron chi connectivity index (χ3n) is 9.74. The van der Waals surface area contributed by atoms with Crippen molar-refractivity contribution in [1.82, 2.24) is 4.57 Å². The molecule has 0 spiro atoms. The normalized spacial score (nSPS) is 16.6. The van der Waals surface area contributed by atoms with Gasteiger partial charge in [0, 0.05) is 0 Å². The van der Waals surface area contributed by atoms with Gasteiger partial charge in [-0.25, -0.2) is 0 Å². The fourth-order valence-corrected chi connectivity index (χ4v) is 24.7. The van der Waals surface area contributed by atoms with Gasteiger partial charge in [-0.3, -0.25) is 0 Å². The molecular formula is C42H30GeNOP. The van der Waals surface area contributed by atoms with Crippen molar-refractivity contribution in [2.24, 2.45) is 0 Å². The Kier molecular flexibility index (Phi) is 6.32. The number of rotatable bonds is 4. The van der Waals surface area contributed by atoms with Crippen molar-refractivity contribution in [3.63, 3.8) is 0 Å². The monoisotopic (exact) mass is 669 g/mol. The van der Waals surface area contributed by atoms with E-state index in [1.807, 2.05) is 30.3 Å². The summed E-state index contributed by atoms with van der Waals surface area (Å²) < 4.78 is 23.6. The Bertz CT molecular complexity index is 2360. The van der Waals surface area contributed by atoms with Gasteiger partial charge in [-0.05, 0) is 0 Å². The van der Waals surface area contributed by atoms with Gasteiger partial charge < -0.3 is 0 Å². The summed E-state index contributed by atoms with van der Waals surface area (Å²) in [4.78, 5) is 0. The first-order chi connectivity index (χ1) is 22.7. The summed E-state index contributed by atoms with van der Waals surface area (Å²) >= 11 is -3.75. The van der Waals surface area contributed by atoms with E-state index in [-0.39, 0.29) is 0 Å². The van der Waals surface area contributed by atoms with E-state index in [0.29, 0.717) is 0 Å². The molecule has 0 amide bonds. The maximum atomic E-state index is 16.1. The zero-order valence-electron chi connectivity index (χ0n) is 25.1. The molecule has 0 bridgehead atoms. The molecule has 46 heavy (non-hydrogen) atoms. The fourth-order valence-electron chi connectivity index (χ4n) is 7.86. The van der Waals surface area contributed by atoms with Gasteiger partial charge in [0.1, 0.15) is 0 Å². The van der Waals surface area contributed by atoms with Crippen molar-refractivity contribution in [1.29, 1.82) is 0 Å². The molecule has 7 aromatic carbocycles. The molecule has 4 heteroatoms. The zero-order chi connectivity index (χ0) is 30.7. The van der Waals surface area contributed by atoms with Crippen LogP contribution in [0.4, 0.5) is 0 Å². The second-order valence-corrected chi connectivity index (χ2v) is 22.5. The number of para-hydroxylation sites is 2. The van der Waals surface area contributed by atoms with E-state index in [0.717, 1.165) is 21.6 Å². The first-order valence-corrected chi connectivity index (χ1v) is 21.6. The Labute approximate surface area is 271 Å². The summed E-state index contributed by atoms with van der Waals surface area (Å²) in [6.45, 7) is 0. The van der Waals surface area contributed by atoms with Gasteiger partial charge in [-0.2, -0.15) is 0 Å². The van der Waals surface area contributed by atoms with E-state index in [4.69, 9.17) is 0 Å². The molecular weight excluding hydrogens is 638 g/mol. The van der Waals surface area contributed by atoms with E-state index in [9.17, 15) is 0 Å². The molecule has 2 nitrogen and oxygen atoms in total. The standard InChI is InChI=1S/C42H30GeNOP/c45-46(34-20-8-3-9-21-34)41-27-15-12-24-37(41)43(31-16-4-1-5-17-31,32-18-6-2-7-19-32)38-30-33(28-29-42(38)46)44-39-25-13-10-22-35(39)36-23-11-14-26-40(36)44/h1-30H. The van der Waals surface area contributed by atoms with Gasteiger partial charge in [0.25, 0.3) is 0 Å². The Morgan fingerprint density at radius 1 is 0.435 bits per heavy atom. The summed E-state index contributed by atoms with van der Waals surface area (Å²) in [5.41, 5.74) is 3.43. The molecule has 1 aromatic heterocycles. The summed E-state index contributed by atoms with van der Waals surface area (Å²) in [6, 6.07) is 64.9. The van der Waals surface area contributed by atoms with Crippen LogP contribution in [0, 0.1) is 0 Å². The van der Waals surface area contributed by atoms with E-state index in [1.54, 1.807) is 0 Å². The average Bonchev–Trinajstić information content (AvgIpc) is 3.47. The second-order valence-electron chi connectivity index (χ2n) is 12.0. The summed E-state index contributed by atoms with van der Waals surface area (Å²) in [6.07, 6.45) is 0. The van der Waals surface area contributed by atoms with Crippen molar-refractivity contribution in [3.8, 4) is 5.69 Å². The van der Waals surface area contributed by atoms with E-state index >= 15 is 4.57 Å². The molecule has 0 saturated heterocycles. The topological polar surface area (TPSA) is 22.0 Å². The molecule has 218 valence electrons. The fraction of sp³-hybridized carbons (Fsp3) is 0. The quantitative estimate of drug-likeness (QED) is 0.164. The van der Waals surface area contributed by atoms with Gasteiger partial charge >= 0.3 is 273 Å². The molecule has 0 saturated carbocycles. The van der Waals surface area contributed by atoms with Crippen molar-refractivity contribution in [2.45, 2.75) is 0 Å². The zero-order valence-corrected chi connectivity index (χ0v) is 28.1. The van der Waals surface area contributed by atoms with Crippen LogP contribution in [-0.2, 0) is 4.57 Å². The van der Waals surface area contributed by atoms with Crippen LogP contribution in [0.5, 0.6) is 0 Å². The molecule has 9 rings (SSSR count). The molecule has 8 aromatic rings. The van der Waals surface area contributed by atoms with Gasteiger partial charge in [0.15, 0.2) is 0 Å². The van der Waals surface area contributed by atoms with Crippen LogP contribution >= 0.6 is 7.14 Å². The number of hydrogen-bond acceptors (Lipinski definition) is 1. The Morgan fingerprint density at radius 2 is 0.913 bits per heavy atom. The second kappa shape index (κ2) is 10.6. The van der Waals surface area contributed by atoms with Gasteiger partial charge in [0.2, 0.25) is 0 Å². The minimum atomic E-state index is -3.75. The summed E-state index contributed by atoms with van der Waals surface area (Å²) in [7, 11) is -3.22. The van der Waals surface area contributed by atoms with Crippen molar-refractivity contribution < 1.29 is 4.57 Å². The Morgan fingerprint density at radius 3 is 1.52 bits per heavy atom. The number of fused-ring (bicyclic) bond motifs is 5. The van der Waals surface area contributed by atoms with E-state index in [2.05, 4.69) is 156 Å². The predicted molar refractivity (Wildman–Crippen MR) is 197 cm³/mol. The van der Waals surface area contributed by atoms with Gasteiger partial charge in [-0.1, -0.05) is 0 Å². The van der Waals surface area contributed by atoms with Crippen LogP contribution in [0.2, 0.25) is 0 Å². The molecule has 2 heterocycles. The number of benzene rings is 7. The predicted octanol–water partition coefficient (Wildman–Crippen LogP) is 6.11. The number of nitrogens with zero attached hydrogens (tertiary/aromatic N) is 1. The maximum absolute atomic E-state index is 16.1. The summed E-state index contributed by atoms with van der Waals surface area (Å²) in [5, 5.41) is 5.29. The van der Waals surface area contributed by atoms with Crippen LogP contribution in [0.1, 0.15) is 0 Å². The summed E-state index contributed by atoms with van der Waals surface area (Å²) in [5.74, 6) is 0. The molecule has 1 aliphatic rings. The van der Waals surface area contributed by atoms with Crippen LogP contribution in [0.15, 0.2) is 182 Å². The number of aromatic nitrogens is 1. The Balaban J connectivity index is 1.48. The molecule has 1 atom stereocenters. The van der Waals surface area contributed by atoms with Gasteiger partial charge in [-0.15, -0.1) is 0 Å². The Hall–Kier alpha value is -4.89.